The molecule has 0 bridgehead atoms. The molecule has 1 saturated carbocycles. The molecule has 0 nitrogen and oxygen atoms in total. The van der Waals surface area contributed by atoms with Crippen LogP contribution in [-0.4, -0.2) is 0 Å². The monoisotopic (exact) mass is 394 g/mol. The zero-order valence-electron chi connectivity index (χ0n) is 11.6. The molecule has 1 unspecified atom stereocenters. The van der Waals surface area contributed by atoms with Crippen molar-refractivity contribution in [3.63, 3.8) is 0 Å². The molecule has 1 atom stereocenters. The van der Waals surface area contributed by atoms with Crippen LogP contribution in [0.2, 0.25) is 0 Å². The van der Waals surface area contributed by atoms with Gasteiger partial charge in [-0.05, 0) is 34.7 Å². The first kappa shape index (κ1) is 14.6. The number of alkyl halides is 1. The number of benzene rings is 2. The van der Waals surface area contributed by atoms with Crippen LogP contribution in [0, 0.1) is 5.92 Å². The van der Waals surface area contributed by atoms with Gasteiger partial charge in [-0.1, -0.05) is 94.3 Å². The quantitative estimate of drug-likeness (QED) is 0.490. The fourth-order valence-electron chi connectivity index (χ4n) is 3.40. The Balaban J connectivity index is 1.87. The summed E-state index contributed by atoms with van der Waals surface area (Å²) in [6.45, 7) is 0. The predicted octanol–water partition coefficient (Wildman–Crippen LogP) is 7.01. The summed E-state index contributed by atoms with van der Waals surface area (Å²) in [6.07, 6.45) is 8.38. The summed E-state index contributed by atoms with van der Waals surface area (Å²) in [7, 11) is 0. The van der Waals surface area contributed by atoms with E-state index in [4.69, 9.17) is 0 Å². The molecule has 0 saturated heterocycles. The minimum Gasteiger partial charge on any atom is -0.0838 e. The van der Waals surface area contributed by atoms with Gasteiger partial charge in [0.05, 0.1) is 0 Å². The molecule has 0 heterocycles. The Kier molecular flexibility index (Phi) is 4.83. The first-order chi connectivity index (χ1) is 9.75. The largest absolute Gasteiger partial charge is 0.0838 e. The molecule has 3 rings (SSSR count). The summed E-state index contributed by atoms with van der Waals surface area (Å²) in [6, 6.07) is 13.1. The summed E-state index contributed by atoms with van der Waals surface area (Å²) < 4.78 is 1.19. The highest BCUT2D eigenvalue weighted by atomic mass is 79.9. The van der Waals surface area contributed by atoms with Gasteiger partial charge in [0.15, 0.2) is 0 Å². The maximum atomic E-state index is 3.95. The van der Waals surface area contributed by atoms with E-state index in [-0.39, 0.29) is 0 Å². The van der Waals surface area contributed by atoms with Crippen molar-refractivity contribution in [2.75, 3.05) is 0 Å². The van der Waals surface area contributed by atoms with E-state index in [0.29, 0.717) is 4.83 Å². The fourth-order valence-corrected chi connectivity index (χ4v) is 4.81. The van der Waals surface area contributed by atoms with E-state index < -0.39 is 0 Å². The molecule has 0 N–H and O–H groups in total. The summed E-state index contributed by atoms with van der Waals surface area (Å²) in [5.41, 5.74) is 1.44. The molecule has 0 radical (unpaired) electrons. The lowest BCUT2D eigenvalue weighted by atomic mass is 9.84. The van der Waals surface area contributed by atoms with Gasteiger partial charge >= 0.3 is 0 Å². The standard InChI is InChI=1S/C18H20Br2/c19-17-11-10-16(14-8-4-5-9-15(14)17)18(20)12-13-6-2-1-3-7-13/h4-5,8-11,13,18H,1-3,6-7,12H2. The third kappa shape index (κ3) is 3.12. The average Bonchev–Trinajstić information content (AvgIpc) is 2.49. The molecule has 20 heavy (non-hydrogen) atoms. The van der Waals surface area contributed by atoms with Crippen molar-refractivity contribution in [1.29, 1.82) is 0 Å². The molecule has 1 aliphatic carbocycles. The number of rotatable bonds is 3. The predicted molar refractivity (Wildman–Crippen MR) is 94.5 cm³/mol. The zero-order chi connectivity index (χ0) is 13.9. The third-order valence-electron chi connectivity index (χ3n) is 4.51. The van der Waals surface area contributed by atoms with E-state index >= 15 is 0 Å². The van der Waals surface area contributed by atoms with E-state index in [0.717, 1.165) is 5.92 Å². The Morgan fingerprint density at radius 3 is 2.40 bits per heavy atom. The van der Waals surface area contributed by atoms with Crippen molar-refractivity contribution in [3.8, 4) is 0 Å². The molecule has 0 amide bonds. The highest BCUT2D eigenvalue weighted by Crippen LogP contribution is 2.40. The summed E-state index contributed by atoms with van der Waals surface area (Å²) in [4.78, 5) is 0.476. The number of halogens is 2. The molecule has 1 aliphatic rings. The highest BCUT2D eigenvalue weighted by molar-refractivity contribution is 9.10. The van der Waals surface area contributed by atoms with Crippen LogP contribution in [0.4, 0.5) is 0 Å². The van der Waals surface area contributed by atoms with Gasteiger partial charge in [0.2, 0.25) is 0 Å². The molecule has 0 spiro atoms. The van der Waals surface area contributed by atoms with Crippen LogP contribution in [0.1, 0.15) is 48.9 Å². The number of hydrogen-bond acceptors (Lipinski definition) is 0. The normalized spacial score (nSPS) is 18.3. The molecular formula is C18H20Br2. The maximum absolute atomic E-state index is 3.95. The summed E-state index contributed by atoms with van der Waals surface area (Å²) >= 11 is 7.62. The van der Waals surface area contributed by atoms with Crippen LogP contribution in [0.3, 0.4) is 0 Å². The van der Waals surface area contributed by atoms with Gasteiger partial charge in [0, 0.05) is 9.30 Å². The second kappa shape index (κ2) is 6.62. The average molecular weight is 396 g/mol. The van der Waals surface area contributed by atoms with Gasteiger partial charge < -0.3 is 0 Å². The van der Waals surface area contributed by atoms with Crippen molar-refractivity contribution in [3.05, 3.63) is 46.4 Å². The lowest BCUT2D eigenvalue weighted by molar-refractivity contribution is 0.339. The molecule has 0 aromatic heterocycles. The van der Waals surface area contributed by atoms with Crippen molar-refractivity contribution in [1.82, 2.24) is 0 Å². The van der Waals surface area contributed by atoms with Gasteiger partial charge in [-0.15, -0.1) is 0 Å². The SMILES string of the molecule is Brc1ccc(C(Br)CC2CCCCC2)c2ccccc12. The van der Waals surface area contributed by atoms with Crippen LogP contribution in [0.25, 0.3) is 10.8 Å². The third-order valence-corrected chi connectivity index (χ3v) is 6.07. The first-order valence-corrected chi connectivity index (χ1v) is 9.28. The molecule has 2 aromatic carbocycles. The highest BCUT2D eigenvalue weighted by Gasteiger charge is 2.20. The van der Waals surface area contributed by atoms with Gasteiger partial charge in [0.1, 0.15) is 0 Å². The zero-order valence-corrected chi connectivity index (χ0v) is 14.8. The van der Waals surface area contributed by atoms with E-state index in [1.807, 2.05) is 0 Å². The van der Waals surface area contributed by atoms with Gasteiger partial charge in [-0.3, -0.25) is 0 Å². The van der Waals surface area contributed by atoms with Crippen molar-refractivity contribution >= 4 is 42.6 Å². The van der Waals surface area contributed by atoms with E-state index in [1.54, 1.807) is 0 Å². The number of hydrogen-bond donors (Lipinski definition) is 0. The van der Waals surface area contributed by atoms with Gasteiger partial charge in [0.25, 0.3) is 0 Å². The molecule has 2 heteroatoms. The fraction of sp³-hybridized carbons (Fsp3) is 0.444. The molecular weight excluding hydrogens is 376 g/mol. The lowest BCUT2D eigenvalue weighted by Gasteiger charge is -2.24. The van der Waals surface area contributed by atoms with Crippen molar-refractivity contribution < 1.29 is 0 Å². The Hall–Kier alpha value is -0.340. The minimum absolute atomic E-state index is 0.476. The number of fused-ring (bicyclic) bond motifs is 1. The molecule has 106 valence electrons. The van der Waals surface area contributed by atoms with Crippen LogP contribution in [0.15, 0.2) is 40.9 Å². The van der Waals surface area contributed by atoms with Crippen molar-refractivity contribution in [2.45, 2.75) is 43.4 Å². The minimum atomic E-state index is 0.476. The second-order valence-corrected chi connectivity index (χ2v) is 7.85. The molecule has 1 fully saturated rings. The van der Waals surface area contributed by atoms with Crippen LogP contribution >= 0.6 is 31.9 Å². The second-order valence-electron chi connectivity index (χ2n) is 5.89. The van der Waals surface area contributed by atoms with Crippen molar-refractivity contribution in [2.24, 2.45) is 5.92 Å². The lowest BCUT2D eigenvalue weighted by Crippen LogP contribution is -2.08. The molecule has 2 aromatic rings. The summed E-state index contributed by atoms with van der Waals surface area (Å²) in [5.74, 6) is 0.899. The van der Waals surface area contributed by atoms with Crippen LogP contribution in [-0.2, 0) is 0 Å². The van der Waals surface area contributed by atoms with Gasteiger partial charge in [-0.2, -0.15) is 0 Å². The topological polar surface area (TPSA) is 0 Å². The first-order valence-electron chi connectivity index (χ1n) is 7.57. The Morgan fingerprint density at radius 2 is 1.65 bits per heavy atom. The smallest absolute Gasteiger partial charge is 0.0404 e. The maximum Gasteiger partial charge on any atom is 0.0404 e. The van der Waals surface area contributed by atoms with Crippen LogP contribution in [0.5, 0.6) is 0 Å². The summed E-state index contributed by atoms with van der Waals surface area (Å²) in [5, 5.41) is 2.69. The Labute approximate surface area is 138 Å². The van der Waals surface area contributed by atoms with E-state index in [1.165, 1.54) is 59.3 Å². The Bertz CT molecular complexity index is 585. The van der Waals surface area contributed by atoms with Gasteiger partial charge in [-0.25, -0.2) is 0 Å². The van der Waals surface area contributed by atoms with Crippen LogP contribution < -0.4 is 0 Å². The Morgan fingerprint density at radius 1 is 0.950 bits per heavy atom. The van der Waals surface area contributed by atoms with E-state index in [2.05, 4.69) is 68.3 Å². The van der Waals surface area contributed by atoms with E-state index in [9.17, 15) is 0 Å². The molecule has 0 aliphatic heterocycles.